The lowest BCUT2D eigenvalue weighted by Gasteiger charge is -2.30. The highest BCUT2D eigenvalue weighted by Crippen LogP contribution is 2.32. The van der Waals surface area contributed by atoms with Gasteiger partial charge >= 0.3 is 0 Å². The van der Waals surface area contributed by atoms with E-state index in [1.54, 1.807) is 14.2 Å². The zero-order chi connectivity index (χ0) is 15.5. The molecule has 1 N–H and O–H groups in total. The van der Waals surface area contributed by atoms with Crippen LogP contribution in [0.3, 0.4) is 0 Å². The van der Waals surface area contributed by atoms with E-state index in [1.165, 1.54) is 0 Å². The Balaban J connectivity index is 1.97. The van der Waals surface area contributed by atoms with Gasteiger partial charge < -0.3 is 19.4 Å². The predicted octanol–water partition coefficient (Wildman–Crippen LogP) is 2.88. The number of benzene rings is 1. The number of imidazole rings is 1. The first-order chi connectivity index (χ1) is 10.7. The molecule has 0 bridgehead atoms. The minimum absolute atomic E-state index is 0.478. The maximum atomic E-state index is 5.37. The quantitative estimate of drug-likeness (QED) is 0.943. The highest BCUT2D eigenvalue weighted by Gasteiger charge is 2.22. The molecule has 0 amide bonds. The molecule has 0 unspecified atom stereocenters. The number of methoxy groups -OCH3 is 2. The van der Waals surface area contributed by atoms with Gasteiger partial charge in [-0.15, -0.1) is 0 Å². The van der Waals surface area contributed by atoms with E-state index in [9.17, 15) is 0 Å². The number of nitrogens with one attached hydrogen (secondary N) is 1. The number of ether oxygens (including phenoxy) is 2. The maximum absolute atomic E-state index is 5.37. The molecule has 1 saturated heterocycles. The normalized spacial score (nSPS) is 21.6. The fourth-order valence-corrected chi connectivity index (χ4v) is 3.13. The minimum Gasteiger partial charge on any atom is -0.497 e. The minimum atomic E-state index is 0.478. The molecule has 1 aromatic carbocycles. The smallest absolute Gasteiger partial charge is 0.140 e. The Morgan fingerprint density at radius 1 is 1.18 bits per heavy atom. The molecule has 2 heterocycles. The van der Waals surface area contributed by atoms with Gasteiger partial charge in [-0.1, -0.05) is 0 Å². The zero-order valence-electron chi connectivity index (χ0n) is 13.4. The van der Waals surface area contributed by atoms with Crippen molar-refractivity contribution in [1.29, 1.82) is 0 Å². The lowest BCUT2D eigenvalue weighted by Crippen LogP contribution is -2.36. The van der Waals surface area contributed by atoms with Crippen molar-refractivity contribution in [1.82, 2.24) is 14.9 Å². The number of rotatable bonds is 4. The Morgan fingerprint density at radius 2 is 1.91 bits per heavy atom. The summed E-state index contributed by atoms with van der Waals surface area (Å²) in [5.41, 5.74) is 1.02. The van der Waals surface area contributed by atoms with Crippen LogP contribution >= 0.6 is 0 Å². The fourth-order valence-electron chi connectivity index (χ4n) is 3.13. The van der Waals surface area contributed by atoms with Crippen LogP contribution in [0.5, 0.6) is 11.5 Å². The third-order valence-corrected chi connectivity index (χ3v) is 4.27. The Morgan fingerprint density at radius 3 is 2.55 bits per heavy atom. The first-order valence-electron chi connectivity index (χ1n) is 7.71. The van der Waals surface area contributed by atoms with Crippen LogP contribution in [0.4, 0.5) is 0 Å². The molecule has 0 aliphatic carbocycles. The van der Waals surface area contributed by atoms with Gasteiger partial charge in [0.05, 0.1) is 14.2 Å². The molecule has 2 atom stereocenters. The van der Waals surface area contributed by atoms with Crippen molar-refractivity contribution in [3.05, 3.63) is 30.6 Å². The van der Waals surface area contributed by atoms with Gasteiger partial charge in [-0.2, -0.15) is 0 Å². The first-order valence-corrected chi connectivity index (χ1v) is 7.71. The number of piperidine rings is 1. The Kier molecular flexibility index (Phi) is 4.34. The van der Waals surface area contributed by atoms with Crippen molar-refractivity contribution >= 4 is 0 Å². The topological polar surface area (TPSA) is 48.3 Å². The standard InChI is InChI=1S/C17H23N3O2/c1-12-8-14(4-5-18-12)20-7-6-19-17(20)13-9-15(21-2)11-16(10-13)22-3/h6-7,9-12,14,18H,4-5,8H2,1-3H3/t12-,14+/m0/s1. The van der Waals surface area contributed by atoms with E-state index in [0.29, 0.717) is 12.1 Å². The molecular formula is C17H23N3O2. The number of nitrogens with zero attached hydrogens (tertiary/aromatic N) is 2. The molecule has 1 aliphatic heterocycles. The molecule has 1 aliphatic rings. The Labute approximate surface area is 131 Å². The van der Waals surface area contributed by atoms with E-state index in [0.717, 1.165) is 42.3 Å². The predicted molar refractivity (Wildman–Crippen MR) is 86.5 cm³/mol. The molecule has 1 fully saturated rings. The van der Waals surface area contributed by atoms with Crippen LogP contribution in [0.15, 0.2) is 30.6 Å². The molecule has 5 nitrogen and oxygen atoms in total. The fraction of sp³-hybridized carbons (Fsp3) is 0.471. The summed E-state index contributed by atoms with van der Waals surface area (Å²) in [6, 6.07) is 6.90. The second kappa shape index (κ2) is 6.40. The van der Waals surface area contributed by atoms with Crippen LogP contribution in [-0.4, -0.2) is 36.4 Å². The van der Waals surface area contributed by atoms with E-state index < -0.39 is 0 Å². The first kappa shape index (κ1) is 14.9. The van der Waals surface area contributed by atoms with E-state index in [2.05, 4.69) is 28.0 Å². The molecule has 0 radical (unpaired) electrons. The summed E-state index contributed by atoms with van der Waals surface area (Å²) in [7, 11) is 3.33. The van der Waals surface area contributed by atoms with Crippen LogP contribution < -0.4 is 14.8 Å². The summed E-state index contributed by atoms with van der Waals surface area (Å²) >= 11 is 0. The van der Waals surface area contributed by atoms with Gasteiger partial charge in [-0.25, -0.2) is 4.98 Å². The average molecular weight is 301 g/mol. The molecule has 5 heteroatoms. The summed E-state index contributed by atoms with van der Waals surface area (Å²) in [6.07, 6.45) is 6.18. The summed E-state index contributed by atoms with van der Waals surface area (Å²) in [5.74, 6) is 2.53. The van der Waals surface area contributed by atoms with Gasteiger partial charge in [0, 0.05) is 36.1 Å². The number of hydrogen-bond donors (Lipinski definition) is 1. The third kappa shape index (κ3) is 2.95. The maximum Gasteiger partial charge on any atom is 0.140 e. The van der Waals surface area contributed by atoms with Crippen LogP contribution in [0.25, 0.3) is 11.4 Å². The van der Waals surface area contributed by atoms with Crippen molar-refractivity contribution in [2.24, 2.45) is 0 Å². The highest BCUT2D eigenvalue weighted by molar-refractivity contribution is 5.61. The van der Waals surface area contributed by atoms with E-state index in [1.807, 2.05) is 24.4 Å². The molecular weight excluding hydrogens is 278 g/mol. The monoisotopic (exact) mass is 301 g/mol. The van der Waals surface area contributed by atoms with Gasteiger partial charge in [0.2, 0.25) is 0 Å². The lowest BCUT2D eigenvalue weighted by molar-refractivity contribution is 0.315. The molecule has 118 valence electrons. The second-order valence-electron chi connectivity index (χ2n) is 5.79. The molecule has 3 rings (SSSR count). The van der Waals surface area contributed by atoms with Crippen LogP contribution in [-0.2, 0) is 0 Å². The summed E-state index contributed by atoms with van der Waals surface area (Å²) < 4.78 is 13.0. The summed E-state index contributed by atoms with van der Waals surface area (Å²) in [5, 5.41) is 3.50. The largest absolute Gasteiger partial charge is 0.497 e. The van der Waals surface area contributed by atoms with Crippen LogP contribution in [0.1, 0.15) is 25.8 Å². The van der Waals surface area contributed by atoms with Gasteiger partial charge in [0.15, 0.2) is 0 Å². The Hall–Kier alpha value is -2.01. The van der Waals surface area contributed by atoms with Crippen LogP contribution in [0.2, 0.25) is 0 Å². The summed E-state index contributed by atoms with van der Waals surface area (Å²) in [4.78, 5) is 4.57. The van der Waals surface area contributed by atoms with Crippen molar-refractivity contribution in [3.8, 4) is 22.9 Å². The molecule has 1 aromatic heterocycles. The van der Waals surface area contributed by atoms with Crippen molar-refractivity contribution in [2.45, 2.75) is 31.8 Å². The lowest BCUT2D eigenvalue weighted by atomic mass is 10.00. The van der Waals surface area contributed by atoms with E-state index >= 15 is 0 Å². The third-order valence-electron chi connectivity index (χ3n) is 4.27. The van der Waals surface area contributed by atoms with Crippen molar-refractivity contribution < 1.29 is 9.47 Å². The van der Waals surface area contributed by atoms with Crippen molar-refractivity contribution in [2.75, 3.05) is 20.8 Å². The average Bonchev–Trinajstić information content (AvgIpc) is 3.04. The molecule has 0 spiro atoms. The molecule has 2 aromatic rings. The van der Waals surface area contributed by atoms with Gasteiger partial charge in [0.1, 0.15) is 17.3 Å². The number of aromatic nitrogens is 2. The van der Waals surface area contributed by atoms with E-state index in [-0.39, 0.29) is 0 Å². The van der Waals surface area contributed by atoms with E-state index in [4.69, 9.17) is 9.47 Å². The molecule has 0 saturated carbocycles. The molecule has 22 heavy (non-hydrogen) atoms. The second-order valence-corrected chi connectivity index (χ2v) is 5.79. The van der Waals surface area contributed by atoms with Gasteiger partial charge in [-0.3, -0.25) is 0 Å². The van der Waals surface area contributed by atoms with Crippen molar-refractivity contribution in [3.63, 3.8) is 0 Å². The highest BCUT2D eigenvalue weighted by atomic mass is 16.5. The van der Waals surface area contributed by atoms with Crippen LogP contribution in [0, 0.1) is 0 Å². The Bertz CT molecular complexity index is 616. The SMILES string of the molecule is COc1cc(OC)cc(-c2nccn2[C@@H]2CCN[C@@H](C)C2)c1. The number of hydrogen-bond acceptors (Lipinski definition) is 4. The zero-order valence-corrected chi connectivity index (χ0v) is 13.4. The van der Waals surface area contributed by atoms with Gasteiger partial charge in [-0.05, 0) is 38.4 Å². The van der Waals surface area contributed by atoms with Gasteiger partial charge in [0.25, 0.3) is 0 Å². The summed E-state index contributed by atoms with van der Waals surface area (Å²) in [6.45, 7) is 3.28.